The Morgan fingerprint density at radius 2 is 2.54 bits per heavy atom. The molecule has 0 aliphatic rings. The molecule has 13 heavy (non-hydrogen) atoms. The van der Waals surface area contributed by atoms with Crippen LogP contribution in [0.3, 0.4) is 0 Å². The van der Waals surface area contributed by atoms with Crippen LogP contribution in [0.1, 0.15) is 6.42 Å². The highest BCUT2D eigenvalue weighted by molar-refractivity contribution is 7.84. The highest BCUT2D eigenvalue weighted by Gasteiger charge is 1.98. The fraction of sp³-hybridized carbons (Fsp3) is 0.571. The zero-order valence-corrected chi connectivity index (χ0v) is 9.64. The quantitative estimate of drug-likeness (QED) is 0.798. The van der Waals surface area contributed by atoms with Gasteiger partial charge in [-0.25, -0.2) is 4.98 Å². The smallest absolute Gasteiger partial charge is 0.184 e. The van der Waals surface area contributed by atoms with E-state index in [0.29, 0.717) is 5.15 Å². The van der Waals surface area contributed by atoms with E-state index in [0.717, 1.165) is 23.8 Å². The van der Waals surface area contributed by atoms with Gasteiger partial charge in [0.1, 0.15) is 5.15 Å². The van der Waals surface area contributed by atoms with Gasteiger partial charge in [-0.1, -0.05) is 11.6 Å². The molecule has 0 amide bonds. The predicted molar refractivity (Wildman–Crippen MR) is 59.2 cm³/mol. The summed E-state index contributed by atoms with van der Waals surface area (Å²) in [5.74, 6) is 0.728. The maximum absolute atomic E-state index is 10.7. The van der Waals surface area contributed by atoms with Gasteiger partial charge in [0, 0.05) is 34.7 Å². The second-order valence-electron chi connectivity index (χ2n) is 2.53. The number of rotatable bonds is 5. The minimum atomic E-state index is -0.701. The van der Waals surface area contributed by atoms with Crippen molar-refractivity contribution in [3.8, 4) is 0 Å². The Morgan fingerprint density at radius 3 is 3.08 bits per heavy atom. The molecule has 1 N–H and O–H groups in total. The SMILES string of the molecule is CS(=O)CCCNc1nc(Cl)cs1. The van der Waals surface area contributed by atoms with Crippen LogP contribution in [0, 0.1) is 0 Å². The Balaban J connectivity index is 2.16. The van der Waals surface area contributed by atoms with Gasteiger partial charge in [-0.2, -0.15) is 0 Å². The summed E-state index contributed by atoms with van der Waals surface area (Å²) < 4.78 is 10.7. The van der Waals surface area contributed by atoms with E-state index in [1.165, 1.54) is 11.3 Å². The Morgan fingerprint density at radius 1 is 1.77 bits per heavy atom. The lowest BCUT2D eigenvalue weighted by molar-refractivity contribution is 0.685. The van der Waals surface area contributed by atoms with Crippen molar-refractivity contribution in [3.63, 3.8) is 0 Å². The lowest BCUT2D eigenvalue weighted by Gasteiger charge is -1.99. The molecular formula is C7H11ClN2OS2. The van der Waals surface area contributed by atoms with E-state index >= 15 is 0 Å². The Hall–Kier alpha value is -0.130. The lowest BCUT2D eigenvalue weighted by Crippen LogP contribution is -2.05. The van der Waals surface area contributed by atoms with E-state index in [-0.39, 0.29) is 0 Å². The molecule has 1 atom stereocenters. The molecule has 1 aromatic heterocycles. The second-order valence-corrected chi connectivity index (χ2v) is 5.33. The summed E-state index contributed by atoms with van der Waals surface area (Å²) in [4.78, 5) is 4.02. The molecule has 0 fully saturated rings. The summed E-state index contributed by atoms with van der Waals surface area (Å²) in [6.07, 6.45) is 2.60. The first-order valence-corrected chi connectivity index (χ1v) is 6.82. The number of nitrogens with one attached hydrogen (secondary N) is 1. The third-order valence-corrected chi connectivity index (χ3v) is 3.35. The van der Waals surface area contributed by atoms with Crippen molar-refractivity contribution in [2.45, 2.75) is 6.42 Å². The van der Waals surface area contributed by atoms with Crippen LogP contribution in [0.25, 0.3) is 0 Å². The molecule has 0 spiro atoms. The number of anilines is 1. The maximum Gasteiger partial charge on any atom is 0.184 e. The summed E-state index contributed by atoms with van der Waals surface area (Å²) in [7, 11) is -0.701. The molecule has 74 valence electrons. The number of halogens is 1. The summed E-state index contributed by atoms with van der Waals surface area (Å²) >= 11 is 7.11. The number of hydrogen-bond acceptors (Lipinski definition) is 4. The van der Waals surface area contributed by atoms with Crippen LogP contribution >= 0.6 is 22.9 Å². The van der Waals surface area contributed by atoms with Crippen LogP contribution in [0.15, 0.2) is 5.38 Å². The first-order chi connectivity index (χ1) is 6.18. The van der Waals surface area contributed by atoms with Gasteiger partial charge in [0.15, 0.2) is 5.13 Å². The minimum Gasteiger partial charge on any atom is -0.361 e. The fourth-order valence-electron chi connectivity index (χ4n) is 0.806. The van der Waals surface area contributed by atoms with E-state index in [9.17, 15) is 4.21 Å². The molecule has 0 aromatic carbocycles. The molecule has 0 aliphatic carbocycles. The van der Waals surface area contributed by atoms with Gasteiger partial charge < -0.3 is 5.32 Å². The molecule has 3 nitrogen and oxygen atoms in total. The standard InChI is InChI=1S/C7H11ClN2OS2/c1-13(11)4-2-3-9-7-10-6(8)5-12-7/h5H,2-4H2,1H3,(H,9,10). The molecule has 0 saturated carbocycles. The largest absolute Gasteiger partial charge is 0.361 e. The van der Waals surface area contributed by atoms with E-state index in [4.69, 9.17) is 11.6 Å². The molecular weight excluding hydrogens is 228 g/mol. The monoisotopic (exact) mass is 238 g/mol. The molecule has 1 unspecified atom stereocenters. The zero-order valence-electron chi connectivity index (χ0n) is 7.25. The number of aromatic nitrogens is 1. The third-order valence-electron chi connectivity index (χ3n) is 1.36. The molecule has 6 heteroatoms. The third kappa shape index (κ3) is 4.59. The summed E-state index contributed by atoms with van der Waals surface area (Å²) in [6, 6.07) is 0. The molecule has 0 saturated heterocycles. The predicted octanol–water partition coefficient (Wildman–Crippen LogP) is 1.98. The van der Waals surface area contributed by atoms with Crippen molar-refractivity contribution in [3.05, 3.63) is 10.5 Å². The average Bonchev–Trinajstić information content (AvgIpc) is 2.45. The van der Waals surface area contributed by atoms with E-state index < -0.39 is 10.8 Å². The minimum absolute atomic E-state index is 0.520. The topological polar surface area (TPSA) is 42.0 Å². The van der Waals surface area contributed by atoms with E-state index in [1.807, 2.05) is 0 Å². The van der Waals surface area contributed by atoms with Crippen LogP contribution in [0.2, 0.25) is 5.15 Å². The van der Waals surface area contributed by atoms with Crippen molar-refractivity contribution in [1.82, 2.24) is 4.98 Å². The first kappa shape index (κ1) is 10.9. The molecule has 0 bridgehead atoms. The van der Waals surface area contributed by atoms with Gasteiger partial charge >= 0.3 is 0 Å². The van der Waals surface area contributed by atoms with Gasteiger partial charge in [-0.3, -0.25) is 4.21 Å². The second kappa shape index (κ2) is 5.57. The summed E-state index contributed by atoms with van der Waals surface area (Å²) in [5, 5.41) is 6.23. The molecule has 1 rings (SSSR count). The highest BCUT2D eigenvalue weighted by atomic mass is 35.5. The molecule has 1 heterocycles. The normalized spacial score (nSPS) is 12.8. The molecule has 0 radical (unpaired) electrons. The Labute approximate surface area is 89.0 Å². The van der Waals surface area contributed by atoms with Crippen molar-refractivity contribution in [1.29, 1.82) is 0 Å². The van der Waals surface area contributed by atoms with Gasteiger partial charge in [-0.05, 0) is 6.42 Å². The fourth-order valence-corrected chi connectivity index (χ4v) is 2.22. The van der Waals surface area contributed by atoms with E-state index in [2.05, 4.69) is 10.3 Å². The maximum atomic E-state index is 10.7. The first-order valence-electron chi connectivity index (χ1n) is 3.83. The van der Waals surface area contributed by atoms with Crippen LogP contribution in [-0.2, 0) is 10.8 Å². The molecule has 0 aliphatic heterocycles. The Kier molecular flexibility index (Phi) is 4.69. The lowest BCUT2D eigenvalue weighted by atomic mass is 10.5. The van der Waals surface area contributed by atoms with Gasteiger partial charge in [0.05, 0.1) is 0 Å². The van der Waals surface area contributed by atoms with E-state index in [1.54, 1.807) is 11.6 Å². The van der Waals surface area contributed by atoms with Crippen molar-refractivity contribution in [2.75, 3.05) is 23.9 Å². The summed E-state index contributed by atoms with van der Waals surface area (Å²) in [5.41, 5.74) is 0. The highest BCUT2D eigenvalue weighted by Crippen LogP contribution is 2.18. The number of thiazole rings is 1. The molecule has 1 aromatic rings. The average molecular weight is 239 g/mol. The number of hydrogen-bond donors (Lipinski definition) is 1. The van der Waals surface area contributed by atoms with Gasteiger partial charge in [0.2, 0.25) is 0 Å². The zero-order chi connectivity index (χ0) is 9.68. The summed E-state index contributed by atoms with van der Waals surface area (Å²) in [6.45, 7) is 0.795. The van der Waals surface area contributed by atoms with Crippen molar-refractivity contribution in [2.24, 2.45) is 0 Å². The van der Waals surface area contributed by atoms with Gasteiger partial charge in [-0.15, -0.1) is 11.3 Å². The van der Waals surface area contributed by atoms with Crippen molar-refractivity contribution >= 4 is 38.9 Å². The van der Waals surface area contributed by atoms with Gasteiger partial charge in [0.25, 0.3) is 0 Å². The van der Waals surface area contributed by atoms with Crippen LogP contribution < -0.4 is 5.32 Å². The van der Waals surface area contributed by atoms with Crippen LogP contribution in [-0.4, -0.2) is 27.7 Å². The van der Waals surface area contributed by atoms with Crippen LogP contribution in [0.5, 0.6) is 0 Å². The van der Waals surface area contributed by atoms with Crippen LogP contribution in [0.4, 0.5) is 5.13 Å². The van der Waals surface area contributed by atoms with Crippen molar-refractivity contribution < 1.29 is 4.21 Å². The Bertz CT molecular complexity index is 290. The number of nitrogens with zero attached hydrogens (tertiary/aromatic N) is 1.